The summed E-state index contributed by atoms with van der Waals surface area (Å²) in [5.74, 6) is 0. The first-order valence-corrected chi connectivity index (χ1v) is 12.2. The monoisotopic (exact) mass is 482 g/mol. The van der Waals surface area contributed by atoms with E-state index in [0.717, 1.165) is 11.1 Å². The van der Waals surface area contributed by atoms with Crippen LogP contribution in [-0.4, -0.2) is 14.4 Å². The molecule has 0 atom stereocenters. The van der Waals surface area contributed by atoms with E-state index in [1.165, 1.54) is 24.3 Å². The highest BCUT2D eigenvalue weighted by Crippen LogP contribution is 2.25. The van der Waals surface area contributed by atoms with Gasteiger partial charge in [0.05, 0.1) is 22.6 Å². The number of nitrogens with one attached hydrogen (secondary N) is 3. The molecule has 0 aromatic heterocycles. The molecule has 3 N–H and O–H groups in total. The zero-order valence-electron chi connectivity index (χ0n) is 18.5. The molecular weight excluding hydrogens is 460 g/mol. The van der Waals surface area contributed by atoms with Crippen LogP contribution < -0.4 is 15.4 Å². The predicted octanol–water partition coefficient (Wildman–Crippen LogP) is 5.27. The van der Waals surface area contributed by atoms with E-state index in [1.54, 1.807) is 24.3 Å². The summed E-state index contributed by atoms with van der Waals surface area (Å²) in [5.41, 5.74) is 2.95. The van der Waals surface area contributed by atoms with E-state index in [-0.39, 0.29) is 4.90 Å². The molecule has 0 saturated carbocycles. The van der Waals surface area contributed by atoms with Crippen LogP contribution in [0.4, 0.5) is 16.2 Å². The van der Waals surface area contributed by atoms with Gasteiger partial charge in [-0.15, -0.1) is 0 Å². The maximum atomic E-state index is 13.2. The topological polar surface area (TPSA) is 111 Å². The average Bonchev–Trinajstić information content (AvgIpc) is 2.89. The Labute approximate surface area is 204 Å². The Morgan fingerprint density at radius 3 is 1.86 bits per heavy atom. The van der Waals surface area contributed by atoms with Gasteiger partial charge >= 0.3 is 6.03 Å². The number of anilines is 2. The van der Waals surface area contributed by atoms with Crippen LogP contribution in [0.2, 0.25) is 0 Å². The Hall–Kier alpha value is -4.45. The molecule has 0 saturated heterocycles. The molecule has 4 aromatic carbocycles. The number of carbonyl (C=O) groups is 1. The first-order chi connectivity index (χ1) is 16.9. The van der Waals surface area contributed by atoms with E-state index in [1.807, 2.05) is 66.7 Å². The summed E-state index contributed by atoms with van der Waals surface area (Å²) in [5, 5.41) is 14.3. The number of amides is 2. The van der Waals surface area contributed by atoms with Crippen molar-refractivity contribution < 1.29 is 13.2 Å². The molecule has 0 aliphatic rings. The highest BCUT2D eigenvalue weighted by atomic mass is 32.2. The van der Waals surface area contributed by atoms with Crippen LogP contribution in [0.15, 0.2) is 114 Å². The van der Waals surface area contributed by atoms with Crippen LogP contribution >= 0.6 is 0 Å². The number of sulfonamides is 1. The number of hydrogen-bond acceptors (Lipinski definition) is 4. The van der Waals surface area contributed by atoms with Crippen molar-refractivity contribution in [2.24, 2.45) is 0 Å². The number of nitrogens with zero attached hydrogens (tertiary/aromatic N) is 1. The number of carbonyl (C=O) groups excluding carboxylic acids is 1. The van der Waals surface area contributed by atoms with Crippen molar-refractivity contribution in [1.29, 1.82) is 5.26 Å². The van der Waals surface area contributed by atoms with Gasteiger partial charge in [-0.2, -0.15) is 9.98 Å². The molecule has 4 aromatic rings. The van der Waals surface area contributed by atoms with Gasteiger partial charge in [0.2, 0.25) is 10.0 Å². The van der Waals surface area contributed by atoms with Gasteiger partial charge in [0.15, 0.2) is 0 Å². The van der Waals surface area contributed by atoms with E-state index in [9.17, 15) is 13.2 Å². The van der Waals surface area contributed by atoms with Crippen LogP contribution in [0.25, 0.3) is 0 Å². The smallest absolute Gasteiger partial charge is 0.308 e. The van der Waals surface area contributed by atoms with Crippen molar-refractivity contribution in [3.8, 4) is 6.07 Å². The SMILES string of the molecule is N#Cc1cccc(NC(=O)Nc2ccc(S(=O)(=O)NC(c3ccccc3)c3ccccc3)cc2)c1. The lowest BCUT2D eigenvalue weighted by molar-refractivity contribution is 0.262. The van der Waals surface area contributed by atoms with Crippen LogP contribution in [0.1, 0.15) is 22.7 Å². The van der Waals surface area contributed by atoms with Gasteiger partial charge < -0.3 is 10.6 Å². The van der Waals surface area contributed by atoms with Crippen molar-refractivity contribution in [2.45, 2.75) is 10.9 Å². The lowest BCUT2D eigenvalue weighted by Crippen LogP contribution is -2.29. The maximum absolute atomic E-state index is 13.2. The number of urea groups is 1. The minimum Gasteiger partial charge on any atom is -0.308 e. The molecule has 0 bridgehead atoms. The Morgan fingerprint density at radius 1 is 0.714 bits per heavy atom. The molecule has 7 nitrogen and oxygen atoms in total. The summed E-state index contributed by atoms with van der Waals surface area (Å²) in [6, 6.07) is 32.0. The summed E-state index contributed by atoms with van der Waals surface area (Å²) in [6.07, 6.45) is 0. The van der Waals surface area contributed by atoms with Crippen LogP contribution in [0.5, 0.6) is 0 Å². The number of nitriles is 1. The van der Waals surface area contributed by atoms with Crippen molar-refractivity contribution in [3.05, 3.63) is 126 Å². The zero-order valence-corrected chi connectivity index (χ0v) is 19.4. The third kappa shape index (κ3) is 6.12. The van der Waals surface area contributed by atoms with Gasteiger partial charge in [0.25, 0.3) is 0 Å². The summed E-state index contributed by atoms with van der Waals surface area (Å²) < 4.78 is 29.2. The lowest BCUT2D eigenvalue weighted by atomic mass is 10.00. The quantitative estimate of drug-likeness (QED) is 0.333. The van der Waals surface area contributed by atoms with Crippen molar-refractivity contribution in [3.63, 3.8) is 0 Å². The maximum Gasteiger partial charge on any atom is 0.323 e. The summed E-state index contributed by atoms with van der Waals surface area (Å²) in [7, 11) is -3.87. The Kier molecular flexibility index (Phi) is 7.21. The standard InChI is InChI=1S/C27H22N4O3S/c28-19-20-8-7-13-24(18-20)30-27(32)29-23-14-16-25(17-15-23)35(33,34)31-26(21-9-3-1-4-10-21)22-11-5-2-6-12-22/h1-18,26,31H,(H2,29,30,32). The highest BCUT2D eigenvalue weighted by Gasteiger charge is 2.23. The lowest BCUT2D eigenvalue weighted by Gasteiger charge is -2.20. The third-order valence-electron chi connectivity index (χ3n) is 5.21. The normalized spacial score (nSPS) is 11.0. The second kappa shape index (κ2) is 10.7. The molecular formula is C27H22N4O3S. The van der Waals surface area contributed by atoms with Crippen molar-refractivity contribution in [1.82, 2.24) is 4.72 Å². The Bertz CT molecular complexity index is 1410. The molecule has 4 rings (SSSR count). The Morgan fingerprint density at radius 2 is 1.29 bits per heavy atom. The summed E-state index contributed by atoms with van der Waals surface area (Å²) in [4.78, 5) is 12.4. The largest absolute Gasteiger partial charge is 0.323 e. The second-order valence-electron chi connectivity index (χ2n) is 7.67. The average molecular weight is 483 g/mol. The van der Waals surface area contributed by atoms with E-state index in [0.29, 0.717) is 16.9 Å². The molecule has 8 heteroatoms. The third-order valence-corrected chi connectivity index (χ3v) is 6.65. The minimum atomic E-state index is -3.87. The molecule has 0 aliphatic heterocycles. The molecule has 35 heavy (non-hydrogen) atoms. The number of rotatable bonds is 7. The van der Waals surface area contributed by atoms with Gasteiger partial charge in [0.1, 0.15) is 0 Å². The van der Waals surface area contributed by atoms with Gasteiger partial charge in [0, 0.05) is 11.4 Å². The molecule has 0 fully saturated rings. The first-order valence-electron chi connectivity index (χ1n) is 10.7. The molecule has 2 amide bonds. The molecule has 0 heterocycles. The number of hydrogen-bond donors (Lipinski definition) is 3. The fraction of sp³-hybridized carbons (Fsp3) is 0.0370. The van der Waals surface area contributed by atoms with Gasteiger partial charge in [-0.05, 0) is 53.6 Å². The van der Waals surface area contributed by atoms with Crippen LogP contribution in [-0.2, 0) is 10.0 Å². The zero-order chi connectivity index (χ0) is 24.7. The molecule has 0 spiro atoms. The van der Waals surface area contributed by atoms with E-state index in [2.05, 4.69) is 15.4 Å². The Balaban J connectivity index is 1.48. The van der Waals surface area contributed by atoms with Crippen molar-refractivity contribution in [2.75, 3.05) is 10.6 Å². The number of benzene rings is 4. The van der Waals surface area contributed by atoms with Gasteiger partial charge in [-0.1, -0.05) is 66.7 Å². The summed E-state index contributed by atoms with van der Waals surface area (Å²) >= 11 is 0. The molecule has 0 aliphatic carbocycles. The first kappa shape index (κ1) is 23.7. The highest BCUT2D eigenvalue weighted by molar-refractivity contribution is 7.89. The van der Waals surface area contributed by atoms with Crippen LogP contribution in [0, 0.1) is 11.3 Å². The van der Waals surface area contributed by atoms with E-state index < -0.39 is 22.1 Å². The summed E-state index contributed by atoms with van der Waals surface area (Å²) in [6.45, 7) is 0. The second-order valence-corrected chi connectivity index (χ2v) is 9.39. The van der Waals surface area contributed by atoms with E-state index in [4.69, 9.17) is 5.26 Å². The van der Waals surface area contributed by atoms with Crippen LogP contribution in [0.3, 0.4) is 0 Å². The molecule has 0 unspecified atom stereocenters. The predicted molar refractivity (Wildman–Crippen MR) is 135 cm³/mol. The minimum absolute atomic E-state index is 0.0713. The van der Waals surface area contributed by atoms with Gasteiger partial charge in [-0.3, -0.25) is 0 Å². The fourth-order valence-corrected chi connectivity index (χ4v) is 4.73. The fourth-order valence-electron chi connectivity index (χ4n) is 3.52. The molecule has 174 valence electrons. The van der Waals surface area contributed by atoms with Gasteiger partial charge in [-0.25, -0.2) is 13.2 Å². The van der Waals surface area contributed by atoms with Crippen molar-refractivity contribution >= 4 is 27.4 Å². The van der Waals surface area contributed by atoms with E-state index >= 15 is 0 Å². The molecule has 0 radical (unpaired) electrons.